The van der Waals surface area contributed by atoms with Gasteiger partial charge in [0.1, 0.15) is 12.5 Å². The van der Waals surface area contributed by atoms with Gasteiger partial charge in [-0.2, -0.15) is 22.8 Å². The minimum absolute atomic E-state index is 0. The van der Waals surface area contributed by atoms with Crippen LogP contribution in [0.15, 0.2) is 34.4 Å². The average Bonchev–Trinajstić information content (AvgIpc) is 3.94. The first kappa shape index (κ1) is 47.9. The summed E-state index contributed by atoms with van der Waals surface area (Å²) in [4.78, 5) is 64.4. The van der Waals surface area contributed by atoms with Gasteiger partial charge in [-0.1, -0.05) is 114 Å². The van der Waals surface area contributed by atoms with E-state index in [1.807, 2.05) is 45.1 Å². The molecular formula is C50H64MgN4O6-2. The number of carbonyl (C=O) groups is 4. The predicted octanol–water partition coefficient (Wildman–Crippen LogP) is 11.1. The van der Waals surface area contributed by atoms with E-state index < -0.39 is 11.9 Å². The molecule has 0 aromatic carbocycles. The van der Waals surface area contributed by atoms with Crippen molar-refractivity contribution < 1.29 is 28.7 Å². The van der Waals surface area contributed by atoms with Crippen LogP contribution in [0.5, 0.6) is 0 Å². The SMILES string of the molecule is CC[C@H]1/C2=C/c3[n-]c4c(c3C)C(=O)[C@H](C(=O)OC)/C4=C3/[N-]/C(=C/c4[n-]c(c(C(C)=O)c4C)/C=C(\[N-]2)[C@@H]1C)[C@@H](C)[C@@H]3CCC(=O)OC/C=C(\C)CCC[C@H](C)CCCC(C)C.[Mg+2]. The van der Waals surface area contributed by atoms with E-state index in [1.54, 1.807) is 6.92 Å². The molecule has 0 N–H and O–H groups in total. The Morgan fingerprint density at radius 3 is 2.13 bits per heavy atom. The van der Waals surface area contributed by atoms with Crippen molar-refractivity contribution in [3.63, 3.8) is 0 Å². The quantitative estimate of drug-likeness (QED) is 0.0534. The van der Waals surface area contributed by atoms with E-state index in [-0.39, 0.29) is 77.3 Å². The zero-order chi connectivity index (χ0) is 43.6. The third-order valence-corrected chi connectivity index (χ3v) is 13.4. The second-order valence-corrected chi connectivity index (χ2v) is 18.1. The van der Waals surface area contributed by atoms with Gasteiger partial charge in [0, 0.05) is 17.5 Å². The number of carbonyl (C=O) groups excluding carboxylic acids is 4. The minimum Gasteiger partial charge on any atom is -0.664 e. The Labute approximate surface area is 379 Å². The number of ether oxygens (including phenoxy) is 2. The Kier molecular flexibility index (Phi) is 16.0. The van der Waals surface area contributed by atoms with Crippen molar-refractivity contribution >= 4 is 70.4 Å². The summed E-state index contributed by atoms with van der Waals surface area (Å²) < 4.78 is 11.0. The fourth-order valence-electron chi connectivity index (χ4n) is 9.64. The second-order valence-electron chi connectivity index (χ2n) is 18.1. The Hall–Kier alpha value is -4.09. The number of hydrogen-bond donors (Lipinski definition) is 0. The number of fused-ring (bicyclic) bond motifs is 7. The molecule has 10 nitrogen and oxygen atoms in total. The maximum Gasteiger partial charge on any atom is 2.00 e. The molecule has 3 aliphatic heterocycles. The standard InChI is InChI=1S/C50H66N4O6.Mg/c1-12-34-29(6)36-25-41-43(33(10)55)31(8)38(52-41)23-37-30(7)35(19-20-42(56)60-22-21-28(5)18-14-17-27(4)16-13-15-26(2)3)47(53-37)45-46(50(58)59-11)49(57)44-32(9)39(54-48(44)45)24-40(34)51-36;/h21,23-27,29-30,34-35,46H,12-20,22H2,1-11H3,(H2-2,51,52,53,54,55,57);/q-2;+2/p-2/b28-21+,37-23+,40-24-;/t27-,29-,30+,34-,35+,46-;/m1./s1. The normalized spacial score (nSPS) is 26.0. The van der Waals surface area contributed by atoms with E-state index >= 15 is 0 Å². The Morgan fingerprint density at radius 1 is 0.820 bits per heavy atom. The van der Waals surface area contributed by atoms with Gasteiger partial charge < -0.3 is 30.1 Å². The van der Waals surface area contributed by atoms with Crippen molar-refractivity contribution in [1.29, 1.82) is 0 Å². The van der Waals surface area contributed by atoms with Crippen molar-refractivity contribution in [2.75, 3.05) is 13.7 Å². The molecule has 1 aliphatic carbocycles. The van der Waals surface area contributed by atoms with Crippen LogP contribution in [0, 0.1) is 55.3 Å². The van der Waals surface area contributed by atoms with E-state index in [9.17, 15) is 19.2 Å². The summed E-state index contributed by atoms with van der Waals surface area (Å²) in [6, 6.07) is 0. The Balaban J connectivity index is 0.00000704. The van der Waals surface area contributed by atoms with Crippen LogP contribution in [-0.4, -0.2) is 60.3 Å². The molecule has 6 rings (SSSR count). The van der Waals surface area contributed by atoms with Gasteiger partial charge in [-0.3, -0.25) is 19.2 Å². The summed E-state index contributed by atoms with van der Waals surface area (Å²) in [5.41, 5.74) is 9.08. The van der Waals surface area contributed by atoms with Gasteiger partial charge in [0.25, 0.3) is 0 Å². The summed E-state index contributed by atoms with van der Waals surface area (Å²) in [7, 11) is 1.28. The molecule has 0 spiro atoms. The average molecular weight is 841 g/mol. The molecule has 324 valence electrons. The fourth-order valence-corrected chi connectivity index (χ4v) is 9.64. The summed E-state index contributed by atoms with van der Waals surface area (Å²) in [5.74, 6) is -1.71. The van der Waals surface area contributed by atoms with Crippen molar-refractivity contribution in [3.05, 3.63) is 90.1 Å². The van der Waals surface area contributed by atoms with E-state index in [0.29, 0.717) is 68.8 Å². The molecule has 2 aromatic heterocycles. The molecule has 11 heteroatoms. The third kappa shape index (κ3) is 10.1. The maximum absolute atomic E-state index is 14.3. The molecule has 2 aromatic rings. The maximum atomic E-state index is 14.3. The molecule has 0 unspecified atom stereocenters. The molecule has 0 saturated carbocycles. The number of aromatic nitrogens is 2. The van der Waals surface area contributed by atoms with Gasteiger partial charge in [0.15, 0.2) is 11.6 Å². The minimum atomic E-state index is -1.24. The van der Waals surface area contributed by atoms with Gasteiger partial charge >= 0.3 is 35.0 Å². The summed E-state index contributed by atoms with van der Waals surface area (Å²) in [6.45, 7) is 20.8. The van der Waals surface area contributed by atoms with Gasteiger partial charge in [-0.05, 0) is 88.5 Å². The zero-order valence-electron chi connectivity index (χ0n) is 38.4. The number of esters is 2. The van der Waals surface area contributed by atoms with Crippen molar-refractivity contribution in [3.8, 4) is 0 Å². The predicted molar refractivity (Wildman–Crippen MR) is 243 cm³/mol. The third-order valence-electron chi connectivity index (χ3n) is 13.4. The first-order valence-electron chi connectivity index (χ1n) is 22.2. The van der Waals surface area contributed by atoms with E-state index in [2.05, 4.69) is 41.5 Å². The largest absolute Gasteiger partial charge is 2.00 e. The van der Waals surface area contributed by atoms with Gasteiger partial charge in [-0.25, -0.2) is 0 Å². The summed E-state index contributed by atoms with van der Waals surface area (Å²) in [5, 5.41) is 10.3. The molecule has 4 aliphatic rings. The van der Waals surface area contributed by atoms with Crippen LogP contribution in [0.25, 0.3) is 34.4 Å². The van der Waals surface area contributed by atoms with Crippen LogP contribution in [0.1, 0.15) is 168 Å². The van der Waals surface area contributed by atoms with Crippen molar-refractivity contribution in [1.82, 2.24) is 9.97 Å². The molecule has 8 bridgehead atoms. The summed E-state index contributed by atoms with van der Waals surface area (Å²) in [6.07, 6.45) is 16.2. The van der Waals surface area contributed by atoms with Crippen molar-refractivity contribution in [2.45, 2.75) is 127 Å². The second kappa shape index (κ2) is 20.4. The fraction of sp³-hybridized carbons (Fsp3) is 0.560. The molecule has 2 saturated heterocycles. The number of allylic oxidation sites excluding steroid dienone is 5. The molecule has 6 atom stereocenters. The van der Waals surface area contributed by atoms with Crippen LogP contribution >= 0.6 is 0 Å². The molecule has 0 radical (unpaired) electrons. The van der Waals surface area contributed by atoms with E-state index in [1.165, 1.54) is 38.4 Å². The number of rotatable bonds is 16. The molecular weight excluding hydrogens is 777 g/mol. The van der Waals surface area contributed by atoms with E-state index in [4.69, 9.17) is 30.1 Å². The van der Waals surface area contributed by atoms with Crippen LogP contribution in [0.3, 0.4) is 0 Å². The monoisotopic (exact) mass is 840 g/mol. The molecule has 0 amide bonds. The van der Waals surface area contributed by atoms with Crippen LogP contribution in [-0.2, 0) is 19.1 Å². The van der Waals surface area contributed by atoms with E-state index in [0.717, 1.165) is 42.1 Å². The number of ketones is 2. The van der Waals surface area contributed by atoms with Crippen LogP contribution < -0.4 is 9.97 Å². The topological polar surface area (TPSA) is 143 Å². The van der Waals surface area contributed by atoms with Crippen molar-refractivity contribution in [2.24, 2.45) is 41.4 Å². The zero-order valence-corrected chi connectivity index (χ0v) is 39.8. The van der Waals surface area contributed by atoms with Gasteiger partial charge in [0.2, 0.25) is 0 Å². The van der Waals surface area contributed by atoms with Crippen LogP contribution in [0.4, 0.5) is 0 Å². The first-order valence-corrected chi connectivity index (χ1v) is 22.2. The number of Topliss-reactive ketones (excluding diaryl/α,β-unsaturated/α-hetero) is 2. The number of methoxy groups -OCH3 is 1. The molecule has 61 heavy (non-hydrogen) atoms. The number of nitrogens with zero attached hydrogens (tertiary/aromatic N) is 4. The van der Waals surface area contributed by atoms with Gasteiger partial charge in [0.05, 0.1) is 7.11 Å². The molecule has 5 heterocycles. The molecule has 2 fully saturated rings. The van der Waals surface area contributed by atoms with Gasteiger partial charge in [-0.15, -0.1) is 22.8 Å². The summed E-state index contributed by atoms with van der Waals surface area (Å²) >= 11 is 0. The number of hydrogen-bond acceptors (Lipinski definition) is 6. The Bertz CT molecular complexity index is 2180. The Morgan fingerprint density at radius 2 is 1.46 bits per heavy atom. The first-order chi connectivity index (χ1) is 28.6. The smallest absolute Gasteiger partial charge is 0.664 e. The van der Waals surface area contributed by atoms with Crippen LogP contribution in [0.2, 0.25) is 0 Å².